The van der Waals surface area contributed by atoms with Crippen LogP contribution >= 0.6 is 0 Å². The lowest BCUT2D eigenvalue weighted by Crippen LogP contribution is -2.30. The van der Waals surface area contributed by atoms with Crippen LogP contribution < -0.4 is 5.32 Å². The third kappa shape index (κ3) is 3.01. The van der Waals surface area contributed by atoms with E-state index in [1.807, 2.05) is 19.1 Å². The molecule has 1 aromatic carbocycles. The van der Waals surface area contributed by atoms with Crippen molar-refractivity contribution in [2.24, 2.45) is 0 Å². The number of hydrogen-bond donors (Lipinski definition) is 1. The molecule has 0 aliphatic carbocycles. The monoisotopic (exact) mass is 249 g/mol. The molecule has 0 radical (unpaired) electrons. The second-order valence-corrected chi connectivity index (χ2v) is 4.58. The average molecular weight is 249 g/mol. The Morgan fingerprint density at radius 3 is 3.00 bits per heavy atom. The van der Waals surface area contributed by atoms with Crippen molar-refractivity contribution in [3.63, 3.8) is 0 Å². The van der Waals surface area contributed by atoms with E-state index in [-0.39, 0.29) is 5.97 Å². The summed E-state index contributed by atoms with van der Waals surface area (Å²) < 4.78 is 10.2. The number of ether oxygens (including phenoxy) is 2. The molecule has 0 saturated carbocycles. The molecular weight excluding hydrogens is 230 g/mol. The summed E-state index contributed by atoms with van der Waals surface area (Å²) in [7, 11) is 1.39. The Balaban J connectivity index is 2.12. The Morgan fingerprint density at radius 2 is 2.33 bits per heavy atom. The van der Waals surface area contributed by atoms with Gasteiger partial charge in [0.1, 0.15) is 0 Å². The first-order valence-corrected chi connectivity index (χ1v) is 6.24. The van der Waals surface area contributed by atoms with E-state index in [1.54, 1.807) is 6.07 Å². The fourth-order valence-corrected chi connectivity index (χ4v) is 2.10. The van der Waals surface area contributed by atoms with Gasteiger partial charge in [-0.15, -0.1) is 0 Å². The minimum absolute atomic E-state index is 0.307. The van der Waals surface area contributed by atoms with Crippen LogP contribution in [0.3, 0.4) is 0 Å². The van der Waals surface area contributed by atoms with Gasteiger partial charge < -0.3 is 14.8 Å². The first kappa shape index (κ1) is 12.9. The van der Waals surface area contributed by atoms with Crippen LogP contribution in [-0.4, -0.2) is 32.3 Å². The number of esters is 1. The fourth-order valence-electron chi connectivity index (χ4n) is 2.10. The Kier molecular flexibility index (Phi) is 4.20. The smallest absolute Gasteiger partial charge is 0.337 e. The molecule has 1 fully saturated rings. The summed E-state index contributed by atoms with van der Waals surface area (Å²) in [5.74, 6) is -0.307. The van der Waals surface area contributed by atoms with Gasteiger partial charge in [-0.1, -0.05) is 6.07 Å². The van der Waals surface area contributed by atoms with E-state index < -0.39 is 0 Å². The number of carbonyl (C=O) groups is 1. The minimum atomic E-state index is -0.307. The van der Waals surface area contributed by atoms with Gasteiger partial charge in [-0.3, -0.25) is 0 Å². The molecule has 4 nitrogen and oxygen atoms in total. The molecule has 0 amide bonds. The van der Waals surface area contributed by atoms with Crippen molar-refractivity contribution in [3.05, 3.63) is 29.3 Å². The molecule has 1 saturated heterocycles. The molecule has 1 atom stereocenters. The van der Waals surface area contributed by atoms with Gasteiger partial charge in [0, 0.05) is 18.3 Å². The summed E-state index contributed by atoms with van der Waals surface area (Å²) in [6.45, 7) is 3.59. The molecule has 1 aliphatic rings. The van der Waals surface area contributed by atoms with Crippen molar-refractivity contribution < 1.29 is 14.3 Å². The Bertz CT molecular complexity index is 425. The van der Waals surface area contributed by atoms with Gasteiger partial charge in [0.2, 0.25) is 0 Å². The SMILES string of the molecule is COC(=O)c1ccc(C)c(NC2CCCOC2)c1. The highest BCUT2D eigenvalue weighted by Gasteiger charge is 2.15. The van der Waals surface area contributed by atoms with Gasteiger partial charge in [-0.2, -0.15) is 0 Å². The van der Waals surface area contributed by atoms with Gasteiger partial charge in [0.15, 0.2) is 0 Å². The van der Waals surface area contributed by atoms with Crippen molar-refractivity contribution in [1.82, 2.24) is 0 Å². The standard InChI is InChI=1S/C14H19NO3/c1-10-5-6-11(14(16)17-2)8-13(10)15-12-4-3-7-18-9-12/h5-6,8,12,15H,3-4,7,9H2,1-2H3. The zero-order valence-corrected chi connectivity index (χ0v) is 10.9. The summed E-state index contributed by atoms with van der Waals surface area (Å²) >= 11 is 0. The van der Waals surface area contributed by atoms with Crippen LogP contribution in [0.1, 0.15) is 28.8 Å². The predicted octanol–water partition coefficient (Wildman–Crippen LogP) is 2.37. The number of rotatable bonds is 3. The van der Waals surface area contributed by atoms with Crippen molar-refractivity contribution in [3.8, 4) is 0 Å². The molecule has 0 bridgehead atoms. The molecule has 1 aliphatic heterocycles. The third-order valence-electron chi connectivity index (χ3n) is 3.18. The minimum Gasteiger partial charge on any atom is -0.465 e. The molecule has 98 valence electrons. The number of benzene rings is 1. The first-order chi connectivity index (χ1) is 8.70. The molecule has 0 spiro atoms. The van der Waals surface area contributed by atoms with Crippen molar-refractivity contribution in [2.45, 2.75) is 25.8 Å². The lowest BCUT2D eigenvalue weighted by molar-refractivity contribution is 0.0601. The zero-order chi connectivity index (χ0) is 13.0. The lowest BCUT2D eigenvalue weighted by atomic mass is 10.1. The van der Waals surface area contributed by atoms with E-state index in [1.165, 1.54) is 7.11 Å². The normalized spacial score (nSPS) is 19.3. The zero-order valence-electron chi connectivity index (χ0n) is 10.9. The lowest BCUT2D eigenvalue weighted by Gasteiger charge is -2.25. The van der Waals surface area contributed by atoms with E-state index in [0.717, 1.165) is 37.3 Å². The van der Waals surface area contributed by atoms with E-state index in [9.17, 15) is 4.79 Å². The molecule has 4 heteroatoms. The maximum absolute atomic E-state index is 11.5. The predicted molar refractivity (Wildman–Crippen MR) is 70.0 cm³/mol. The second-order valence-electron chi connectivity index (χ2n) is 4.58. The largest absolute Gasteiger partial charge is 0.465 e. The number of anilines is 1. The molecule has 1 aromatic rings. The topological polar surface area (TPSA) is 47.6 Å². The Morgan fingerprint density at radius 1 is 1.50 bits per heavy atom. The molecule has 1 N–H and O–H groups in total. The number of aryl methyl sites for hydroxylation is 1. The van der Waals surface area contributed by atoms with Crippen LogP contribution in [0.5, 0.6) is 0 Å². The Labute approximate surface area is 107 Å². The maximum Gasteiger partial charge on any atom is 0.337 e. The number of hydrogen-bond acceptors (Lipinski definition) is 4. The van der Waals surface area contributed by atoms with Crippen LogP contribution in [-0.2, 0) is 9.47 Å². The second kappa shape index (κ2) is 5.87. The molecular formula is C14H19NO3. The van der Waals surface area contributed by atoms with Crippen molar-refractivity contribution in [1.29, 1.82) is 0 Å². The summed E-state index contributed by atoms with van der Waals surface area (Å²) in [4.78, 5) is 11.5. The van der Waals surface area contributed by atoms with Crippen LogP contribution in [0.2, 0.25) is 0 Å². The molecule has 1 unspecified atom stereocenters. The van der Waals surface area contributed by atoms with Crippen molar-refractivity contribution >= 4 is 11.7 Å². The third-order valence-corrected chi connectivity index (χ3v) is 3.18. The Hall–Kier alpha value is -1.55. The van der Waals surface area contributed by atoms with E-state index in [2.05, 4.69) is 5.32 Å². The van der Waals surface area contributed by atoms with Crippen LogP contribution in [0.4, 0.5) is 5.69 Å². The number of carbonyl (C=O) groups excluding carboxylic acids is 1. The number of nitrogens with one attached hydrogen (secondary N) is 1. The molecule has 2 rings (SSSR count). The van der Waals surface area contributed by atoms with Crippen LogP contribution in [0.15, 0.2) is 18.2 Å². The average Bonchev–Trinajstić information content (AvgIpc) is 2.41. The quantitative estimate of drug-likeness (QED) is 0.835. The maximum atomic E-state index is 11.5. The van der Waals surface area contributed by atoms with Crippen LogP contribution in [0.25, 0.3) is 0 Å². The van der Waals surface area contributed by atoms with E-state index in [0.29, 0.717) is 11.6 Å². The van der Waals surface area contributed by atoms with Crippen LogP contribution in [0, 0.1) is 6.92 Å². The number of methoxy groups -OCH3 is 1. The highest BCUT2D eigenvalue weighted by atomic mass is 16.5. The molecule has 1 heterocycles. The van der Waals surface area contributed by atoms with E-state index >= 15 is 0 Å². The molecule has 0 aromatic heterocycles. The molecule has 18 heavy (non-hydrogen) atoms. The highest BCUT2D eigenvalue weighted by molar-refractivity contribution is 5.90. The van der Waals surface area contributed by atoms with Gasteiger partial charge in [-0.05, 0) is 37.5 Å². The van der Waals surface area contributed by atoms with Gasteiger partial charge in [0.05, 0.1) is 19.3 Å². The van der Waals surface area contributed by atoms with E-state index in [4.69, 9.17) is 9.47 Å². The van der Waals surface area contributed by atoms with Gasteiger partial charge in [-0.25, -0.2) is 4.79 Å². The summed E-state index contributed by atoms with van der Waals surface area (Å²) in [5.41, 5.74) is 2.67. The summed E-state index contributed by atoms with van der Waals surface area (Å²) in [6, 6.07) is 5.88. The summed E-state index contributed by atoms with van der Waals surface area (Å²) in [5, 5.41) is 3.44. The fraction of sp³-hybridized carbons (Fsp3) is 0.500. The summed E-state index contributed by atoms with van der Waals surface area (Å²) in [6.07, 6.45) is 2.18. The highest BCUT2D eigenvalue weighted by Crippen LogP contribution is 2.20. The van der Waals surface area contributed by atoms with Gasteiger partial charge >= 0.3 is 5.97 Å². The van der Waals surface area contributed by atoms with Gasteiger partial charge in [0.25, 0.3) is 0 Å². The first-order valence-electron chi connectivity index (χ1n) is 6.24. The van der Waals surface area contributed by atoms with Crippen molar-refractivity contribution in [2.75, 3.05) is 25.6 Å².